The second kappa shape index (κ2) is 9.04. The van der Waals surface area contributed by atoms with Gasteiger partial charge in [0.05, 0.1) is 16.7 Å². The Morgan fingerprint density at radius 3 is 2.67 bits per heavy atom. The molecule has 1 heterocycles. The van der Waals surface area contributed by atoms with Crippen molar-refractivity contribution in [3.05, 3.63) is 64.4 Å². The van der Waals surface area contributed by atoms with E-state index in [0.29, 0.717) is 22.6 Å². The number of para-hydroxylation sites is 1. The van der Waals surface area contributed by atoms with E-state index in [0.717, 1.165) is 36.9 Å². The molecule has 6 heteroatoms. The lowest BCUT2D eigenvalue weighted by Crippen LogP contribution is -2.33. The largest absolute Gasteiger partial charge is 0.312 e. The van der Waals surface area contributed by atoms with Crippen molar-refractivity contribution in [2.75, 3.05) is 17.2 Å². The van der Waals surface area contributed by atoms with Gasteiger partial charge in [0.2, 0.25) is 5.91 Å². The van der Waals surface area contributed by atoms with E-state index < -0.39 is 0 Å². The molecule has 0 spiro atoms. The van der Waals surface area contributed by atoms with Gasteiger partial charge < -0.3 is 4.90 Å². The number of thioether (sulfide) groups is 1. The summed E-state index contributed by atoms with van der Waals surface area (Å²) in [5.74, 6) is 0.271. The minimum absolute atomic E-state index is 0.00785. The number of nitrogens with zero attached hydrogens (tertiary/aromatic N) is 3. The molecule has 30 heavy (non-hydrogen) atoms. The maximum atomic E-state index is 13.2. The second-order valence-electron chi connectivity index (χ2n) is 7.79. The molecule has 2 aromatic carbocycles. The third-order valence-corrected chi connectivity index (χ3v) is 6.66. The number of hydrogen-bond donors (Lipinski definition) is 0. The molecule has 0 aliphatic heterocycles. The molecule has 1 saturated carbocycles. The van der Waals surface area contributed by atoms with Gasteiger partial charge >= 0.3 is 0 Å². The lowest BCUT2D eigenvalue weighted by molar-refractivity contribution is -0.116. The minimum atomic E-state index is 0.00785. The highest BCUT2D eigenvalue weighted by Gasteiger charge is 2.24. The summed E-state index contributed by atoms with van der Waals surface area (Å²) >= 11 is 1.37. The number of amides is 1. The number of carbonyl (C=O) groups is 1. The topological polar surface area (TPSA) is 55.2 Å². The SMILES string of the molecule is CCN(C(=O)CSc1nc2ccccc2c(=O)n1C1CCCC1)c1cccc(C)c1. The average molecular weight is 422 g/mol. The fraction of sp³-hybridized carbons (Fsp3) is 0.375. The molecule has 0 atom stereocenters. The molecule has 0 unspecified atom stereocenters. The van der Waals surface area contributed by atoms with Crippen LogP contribution in [0.3, 0.4) is 0 Å². The number of anilines is 1. The molecule has 3 aromatic rings. The first-order valence-corrected chi connectivity index (χ1v) is 11.6. The van der Waals surface area contributed by atoms with Gasteiger partial charge in [0, 0.05) is 18.3 Å². The van der Waals surface area contributed by atoms with Crippen molar-refractivity contribution in [1.82, 2.24) is 9.55 Å². The quantitative estimate of drug-likeness (QED) is 0.417. The van der Waals surface area contributed by atoms with E-state index in [9.17, 15) is 9.59 Å². The minimum Gasteiger partial charge on any atom is -0.312 e. The van der Waals surface area contributed by atoms with Gasteiger partial charge in [-0.2, -0.15) is 0 Å². The molecule has 0 saturated heterocycles. The Hall–Kier alpha value is -2.60. The number of fused-ring (bicyclic) bond motifs is 1. The van der Waals surface area contributed by atoms with Crippen LogP contribution >= 0.6 is 11.8 Å². The van der Waals surface area contributed by atoms with Crippen LogP contribution in [0.1, 0.15) is 44.2 Å². The van der Waals surface area contributed by atoms with Gasteiger partial charge in [-0.15, -0.1) is 0 Å². The third kappa shape index (κ3) is 4.15. The van der Waals surface area contributed by atoms with Crippen LogP contribution in [0.5, 0.6) is 0 Å². The van der Waals surface area contributed by atoms with Gasteiger partial charge in [-0.1, -0.05) is 48.9 Å². The van der Waals surface area contributed by atoms with Crippen molar-refractivity contribution < 1.29 is 4.79 Å². The van der Waals surface area contributed by atoms with Crippen LogP contribution in [0.4, 0.5) is 5.69 Å². The van der Waals surface area contributed by atoms with Gasteiger partial charge in [-0.05, 0) is 56.5 Å². The first-order chi connectivity index (χ1) is 14.6. The van der Waals surface area contributed by atoms with E-state index in [4.69, 9.17) is 4.98 Å². The van der Waals surface area contributed by atoms with Gasteiger partial charge in [-0.25, -0.2) is 4.98 Å². The van der Waals surface area contributed by atoms with E-state index in [1.54, 1.807) is 4.90 Å². The molecular formula is C24H27N3O2S. The van der Waals surface area contributed by atoms with E-state index >= 15 is 0 Å². The normalized spacial score (nSPS) is 14.3. The standard InChI is InChI=1S/C24H27N3O2S/c1-3-26(19-12-8-9-17(2)15-19)22(28)16-30-24-25-21-14-7-6-13-20(21)23(29)27(24)18-10-4-5-11-18/h6-9,12-15,18H,3-5,10-11,16H2,1-2H3. The summed E-state index contributed by atoms with van der Waals surface area (Å²) in [4.78, 5) is 32.8. The van der Waals surface area contributed by atoms with Crippen LogP contribution in [0.25, 0.3) is 10.9 Å². The summed E-state index contributed by atoms with van der Waals surface area (Å²) in [7, 11) is 0. The van der Waals surface area contributed by atoms with Crippen molar-refractivity contribution in [2.24, 2.45) is 0 Å². The third-order valence-electron chi connectivity index (χ3n) is 5.72. The molecule has 1 aliphatic carbocycles. The van der Waals surface area contributed by atoms with Crippen LogP contribution < -0.4 is 10.5 Å². The molecule has 1 aromatic heterocycles. The lowest BCUT2D eigenvalue weighted by Gasteiger charge is -2.22. The Morgan fingerprint density at radius 1 is 1.17 bits per heavy atom. The fourth-order valence-electron chi connectivity index (χ4n) is 4.21. The number of hydrogen-bond acceptors (Lipinski definition) is 4. The number of rotatable bonds is 6. The molecule has 1 fully saturated rings. The van der Waals surface area contributed by atoms with Gasteiger partial charge in [0.25, 0.3) is 5.56 Å². The molecule has 4 rings (SSSR count). The predicted molar refractivity (Wildman–Crippen MR) is 123 cm³/mol. The maximum absolute atomic E-state index is 13.2. The zero-order valence-corrected chi connectivity index (χ0v) is 18.3. The Morgan fingerprint density at radius 2 is 1.93 bits per heavy atom. The van der Waals surface area contributed by atoms with Crippen molar-refractivity contribution in [3.63, 3.8) is 0 Å². The van der Waals surface area contributed by atoms with E-state index in [1.165, 1.54) is 11.8 Å². The Bertz CT molecular complexity index is 1120. The molecular weight excluding hydrogens is 394 g/mol. The highest BCUT2D eigenvalue weighted by atomic mass is 32.2. The highest BCUT2D eigenvalue weighted by Crippen LogP contribution is 2.32. The smallest absolute Gasteiger partial charge is 0.262 e. The van der Waals surface area contributed by atoms with Crippen LogP contribution in [-0.2, 0) is 4.79 Å². The molecule has 5 nitrogen and oxygen atoms in total. The average Bonchev–Trinajstić information content (AvgIpc) is 3.27. The fourth-order valence-corrected chi connectivity index (χ4v) is 5.16. The van der Waals surface area contributed by atoms with Crippen LogP contribution in [0.15, 0.2) is 58.5 Å². The first kappa shape index (κ1) is 20.7. The highest BCUT2D eigenvalue weighted by molar-refractivity contribution is 7.99. The molecule has 0 radical (unpaired) electrons. The summed E-state index contributed by atoms with van der Waals surface area (Å²) < 4.78 is 1.84. The summed E-state index contributed by atoms with van der Waals surface area (Å²) in [6, 6.07) is 15.6. The van der Waals surface area contributed by atoms with E-state index in [2.05, 4.69) is 0 Å². The zero-order valence-electron chi connectivity index (χ0n) is 17.5. The van der Waals surface area contributed by atoms with Crippen molar-refractivity contribution in [1.29, 1.82) is 0 Å². The number of aromatic nitrogens is 2. The predicted octanol–water partition coefficient (Wildman–Crippen LogP) is 4.97. The van der Waals surface area contributed by atoms with Crippen molar-refractivity contribution >= 4 is 34.3 Å². The van der Waals surface area contributed by atoms with Crippen LogP contribution in [-0.4, -0.2) is 27.8 Å². The Balaban J connectivity index is 1.63. The second-order valence-corrected chi connectivity index (χ2v) is 8.73. The first-order valence-electron chi connectivity index (χ1n) is 10.6. The van der Waals surface area contributed by atoms with Crippen LogP contribution in [0.2, 0.25) is 0 Å². The monoisotopic (exact) mass is 421 g/mol. The molecule has 156 valence electrons. The zero-order chi connectivity index (χ0) is 21.1. The van der Waals surface area contributed by atoms with Crippen molar-refractivity contribution in [3.8, 4) is 0 Å². The number of aryl methyl sites for hydroxylation is 1. The van der Waals surface area contributed by atoms with E-state index in [-0.39, 0.29) is 23.3 Å². The van der Waals surface area contributed by atoms with E-state index in [1.807, 2.05) is 66.9 Å². The van der Waals surface area contributed by atoms with Gasteiger partial charge in [0.1, 0.15) is 0 Å². The Labute approximate surface area is 181 Å². The maximum Gasteiger partial charge on any atom is 0.262 e. The summed E-state index contributed by atoms with van der Waals surface area (Å²) in [6.07, 6.45) is 4.24. The van der Waals surface area contributed by atoms with Crippen molar-refractivity contribution in [2.45, 2.75) is 50.7 Å². The number of carbonyl (C=O) groups excluding carboxylic acids is 1. The van der Waals surface area contributed by atoms with Gasteiger partial charge in [0.15, 0.2) is 5.16 Å². The summed E-state index contributed by atoms with van der Waals surface area (Å²) in [5.41, 5.74) is 2.73. The molecule has 0 bridgehead atoms. The summed E-state index contributed by atoms with van der Waals surface area (Å²) in [5, 5.41) is 1.30. The Kier molecular flexibility index (Phi) is 6.23. The van der Waals surface area contributed by atoms with Crippen LogP contribution in [0, 0.1) is 6.92 Å². The molecule has 1 amide bonds. The lowest BCUT2D eigenvalue weighted by atomic mass is 10.2. The number of benzene rings is 2. The van der Waals surface area contributed by atoms with Gasteiger partial charge in [-0.3, -0.25) is 14.2 Å². The summed E-state index contributed by atoms with van der Waals surface area (Å²) in [6.45, 7) is 4.60. The molecule has 0 N–H and O–H groups in total. The molecule has 1 aliphatic rings.